The maximum Gasteiger partial charge on any atom is 0.336 e. The number of anilines is 2. The van der Waals surface area contributed by atoms with Crippen LogP contribution in [0.2, 0.25) is 0 Å². The minimum absolute atomic E-state index is 0.0825. The second kappa shape index (κ2) is 10.4. The lowest BCUT2D eigenvalue weighted by molar-refractivity contribution is -0.113. The molecular weight excluding hydrogens is 460 g/mol. The summed E-state index contributed by atoms with van der Waals surface area (Å²) in [6, 6.07) is 23.1. The number of fused-ring (bicyclic) bond motifs is 1. The molecular formula is C28H24N2O4S. The Balaban J connectivity index is 1.40. The van der Waals surface area contributed by atoms with Crippen molar-refractivity contribution < 1.29 is 19.5 Å². The highest BCUT2D eigenvalue weighted by Gasteiger charge is 2.16. The highest BCUT2D eigenvalue weighted by molar-refractivity contribution is 8.00. The molecule has 0 fully saturated rings. The maximum absolute atomic E-state index is 13.0. The largest absolute Gasteiger partial charge is 0.478 e. The number of carboxylic acid groups (broad SMARTS) is 1. The third-order valence-corrected chi connectivity index (χ3v) is 6.38. The average Bonchev–Trinajstić information content (AvgIpc) is 2.82. The topological polar surface area (TPSA) is 95.5 Å². The summed E-state index contributed by atoms with van der Waals surface area (Å²) >= 11 is 1.40. The van der Waals surface area contributed by atoms with Gasteiger partial charge in [-0.15, -0.1) is 11.8 Å². The van der Waals surface area contributed by atoms with Crippen LogP contribution in [0.5, 0.6) is 0 Å². The fourth-order valence-corrected chi connectivity index (χ4v) is 4.63. The average molecular weight is 485 g/mol. The van der Waals surface area contributed by atoms with E-state index >= 15 is 0 Å². The molecule has 0 unspecified atom stereocenters. The molecule has 0 aliphatic rings. The molecule has 3 N–H and O–H groups in total. The number of aryl methyl sites for hydroxylation is 2. The Morgan fingerprint density at radius 2 is 1.40 bits per heavy atom. The number of nitrogens with one attached hydrogen (secondary N) is 2. The number of thioether (sulfide) groups is 1. The van der Waals surface area contributed by atoms with Crippen molar-refractivity contribution in [3.05, 3.63) is 101 Å². The normalized spacial score (nSPS) is 10.7. The SMILES string of the molecule is Cc1cc(C)cc(NC(=O)CSc2ccc(NC(=O)c3cccc4cccc(C(=O)O)c34)cc2)c1. The number of amides is 2. The summed E-state index contributed by atoms with van der Waals surface area (Å²) in [4.78, 5) is 37.8. The van der Waals surface area contributed by atoms with Gasteiger partial charge in [0.2, 0.25) is 5.91 Å². The van der Waals surface area contributed by atoms with Crippen LogP contribution in [-0.4, -0.2) is 28.6 Å². The van der Waals surface area contributed by atoms with Crippen LogP contribution >= 0.6 is 11.8 Å². The van der Waals surface area contributed by atoms with Gasteiger partial charge >= 0.3 is 5.97 Å². The molecule has 0 atom stereocenters. The van der Waals surface area contributed by atoms with Crippen molar-refractivity contribution in [3.8, 4) is 0 Å². The Morgan fingerprint density at radius 1 is 0.771 bits per heavy atom. The number of carbonyl (C=O) groups is 3. The first-order chi connectivity index (χ1) is 16.8. The van der Waals surface area contributed by atoms with Crippen molar-refractivity contribution in [1.82, 2.24) is 0 Å². The number of rotatable bonds is 7. The minimum atomic E-state index is -1.08. The van der Waals surface area contributed by atoms with Crippen molar-refractivity contribution in [2.45, 2.75) is 18.7 Å². The predicted molar refractivity (Wildman–Crippen MR) is 141 cm³/mol. The highest BCUT2D eigenvalue weighted by atomic mass is 32.2. The quantitative estimate of drug-likeness (QED) is 0.274. The zero-order chi connectivity index (χ0) is 24.9. The van der Waals surface area contributed by atoms with E-state index in [0.717, 1.165) is 21.7 Å². The molecule has 0 aliphatic carbocycles. The number of hydrogen-bond acceptors (Lipinski definition) is 4. The van der Waals surface area contributed by atoms with Crippen LogP contribution < -0.4 is 10.6 Å². The summed E-state index contributed by atoms with van der Waals surface area (Å²) in [5.41, 5.74) is 3.91. The fraction of sp³-hybridized carbons (Fsp3) is 0.107. The van der Waals surface area contributed by atoms with Gasteiger partial charge in [-0.2, -0.15) is 0 Å². The predicted octanol–water partition coefficient (Wildman–Crippen LogP) is 6.14. The van der Waals surface area contributed by atoms with E-state index in [1.807, 2.05) is 38.1 Å². The van der Waals surface area contributed by atoms with Gasteiger partial charge in [-0.25, -0.2) is 4.79 Å². The molecule has 0 bridgehead atoms. The summed E-state index contributed by atoms with van der Waals surface area (Å²) in [5.74, 6) is -1.31. The molecule has 0 radical (unpaired) electrons. The summed E-state index contributed by atoms with van der Waals surface area (Å²) in [6.45, 7) is 3.98. The number of benzene rings is 4. The number of hydrogen-bond donors (Lipinski definition) is 3. The van der Waals surface area contributed by atoms with Crippen LogP contribution in [-0.2, 0) is 4.79 Å². The van der Waals surface area contributed by atoms with Gasteiger partial charge in [0.25, 0.3) is 5.91 Å². The van der Waals surface area contributed by atoms with Crippen LogP contribution in [0, 0.1) is 13.8 Å². The molecule has 0 aromatic heterocycles. The lowest BCUT2D eigenvalue weighted by Gasteiger charge is -2.11. The van der Waals surface area contributed by atoms with Crippen LogP contribution in [0.25, 0.3) is 10.8 Å². The number of carbonyl (C=O) groups excluding carboxylic acids is 2. The molecule has 7 heteroatoms. The van der Waals surface area contributed by atoms with Crippen molar-refractivity contribution >= 4 is 51.7 Å². The smallest absolute Gasteiger partial charge is 0.336 e. The van der Waals surface area contributed by atoms with Crippen molar-refractivity contribution in [3.63, 3.8) is 0 Å². The van der Waals surface area contributed by atoms with Gasteiger partial charge in [-0.05, 0) is 78.9 Å². The monoisotopic (exact) mass is 484 g/mol. The van der Waals surface area contributed by atoms with Gasteiger partial charge in [0.15, 0.2) is 0 Å². The van der Waals surface area contributed by atoms with Gasteiger partial charge in [0.05, 0.1) is 11.3 Å². The molecule has 35 heavy (non-hydrogen) atoms. The van der Waals surface area contributed by atoms with Gasteiger partial charge in [0, 0.05) is 27.2 Å². The lowest BCUT2D eigenvalue weighted by atomic mass is 9.98. The minimum Gasteiger partial charge on any atom is -0.478 e. The number of carboxylic acids is 1. The summed E-state index contributed by atoms with van der Waals surface area (Å²) in [6.07, 6.45) is 0. The molecule has 0 spiro atoms. The van der Waals surface area contributed by atoms with Gasteiger partial charge in [-0.1, -0.05) is 30.3 Å². The maximum atomic E-state index is 13.0. The first kappa shape index (κ1) is 24.0. The third-order valence-electron chi connectivity index (χ3n) is 5.37. The molecule has 6 nitrogen and oxygen atoms in total. The first-order valence-corrected chi connectivity index (χ1v) is 12.0. The van der Waals surface area contributed by atoms with E-state index in [2.05, 4.69) is 16.7 Å². The van der Waals surface area contributed by atoms with E-state index in [1.165, 1.54) is 17.8 Å². The Labute approximate surface area is 207 Å². The van der Waals surface area contributed by atoms with E-state index in [-0.39, 0.29) is 17.2 Å². The zero-order valence-electron chi connectivity index (χ0n) is 19.3. The Hall–Kier alpha value is -4.10. The van der Waals surface area contributed by atoms with Crippen molar-refractivity contribution in [2.75, 3.05) is 16.4 Å². The van der Waals surface area contributed by atoms with Crippen LogP contribution in [0.4, 0.5) is 11.4 Å². The van der Waals surface area contributed by atoms with E-state index in [0.29, 0.717) is 22.0 Å². The van der Waals surface area contributed by atoms with E-state index in [9.17, 15) is 19.5 Å². The first-order valence-electron chi connectivity index (χ1n) is 11.0. The van der Waals surface area contributed by atoms with Crippen LogP contribution in [0.3, 0.4) is 0 Å². The van der Waals surface area contributed by atoms with Crippen LogP contribution in [0.1, 0.15) is 31.8 Å². The lowest BCUT2D eigenvalue weighted by Crippen LogP contribution is -2.14. The Kier molecular flexibility index (Phi) is 7.17. The fourth-order valence-electron chi connectivity index (χ4n) is 3.93. The van der Waals surface area contributed by atoms with Crippen molar-refractivity contribution in [2.24, 2.45) is 0 Å². The molecule has 0 aliphatic heterocycles. The summed E-state index contributed by atoms with van der Waals surface area (Å²) in [5, 5.41) is 16.4. The van der Waals surface area contributed by atoms with E-state index in [1.54, 1.807) is 42.5 Å². The second-order valence-corrected chi connectivity index (χ2v) is 9.25. The summed E-state index contributed by atoms with van der Waals surface area (Å²) < 4.78 is 0. The zero-order valence-corrected chi connectivity index (χ0v) is 20.1. The van der Waals surface area contributed by atoms with Crippen molar-refractivity contribution in [1.29, 1.82) is 0 Å². The molecule has 4 rings (SSSR count). The molecule has 2 amide bonds. The standard InChI is InChI=1S/C28H24N2O4S/c1-17-13-18(2)15-21(14-17)29-25(31)16-35-22-11-9-20(10-12-22)30-27(32)23-7-3-5-19-6-4-8-24(26(19)23)28(33)34/h3-15H,16H2,1-2H3,(H,29,31)(H,30,32)(H,33,34). The molecule has 0 saturated carbocycles. The number of aromatic carboxylic acids is 1. The summed E-state index contributed by atoms with van der Waals surface area (Å²) in [7, 11) is 0. The Bertz CT molecular complexity index is 1410. The van der Waals surface area contributed by atoms with Gasteiger partial charge < -0.3 is 15.7 Å². The molecule has 0 saturated heterocycles. The third kappa shape index (κ3) is 5.88. The Morgan fingerprint density at radius 3 is 2.03 bits per heavy atom. The van der Waals surface area contributed by atoms with Gasteiger partial charge in [-0.3, -0.25) is 9.59 Å². The molecule has 176 valence electrons. The highest BCUT2D eigenvalue weighted by Crippen LogP contribution is 2.25. The molecule has 4 aromatic carbocycles. The molecule has 4 aromatic rings. The van der Waals surface area contributed by atoms with Crippen LogP contribution in [0.15, 0.2) is 83.8 Å². The molecule has 0 heterocycles. The van der Waals surface area contributed by atoms with E-state index < -0.39 is 11.9 Å². The second-order valence-electron chi connectivity index (χ2n) is 8.21. The van der Waals surface area contributed by atoms with Gasteiger partial charge in [0.1, 0.15) is 0 Å². The van der Waals surface area contributed by atoms with E-state index in [4.69, 9.17) is 0 Å².